The van der Waals surface area contributed by atoms with Crippen molar-refractivity contribution in [3.8, 4) is 0 Å². The van der Waals surface area contributed by atoms with Gasteiger partial charge in [0.1, 0.15) is 24.8 Å². The summed E-state index contributed by atoms with van der Waals surface area (Å²) in [4.78, 5) is 21.9. The summed E-state index contributed by atoms with van der Waals surface area (Å²) in [5.41, 5.74) is 0. The molecule has 0 atom stereocenters. The van der Waals surface area contributed by atoms with Crippen LogP contribution in [0.25, 0.3) is 0 Å². The van der Waals surface area contributed by atoms with Crippen LogP contribution < -0.4 is 18.9 Å². The lowest BCUT2D eigenvalue weighted by Crippen LogP contribution is -2.30. The molecular formula is C31H64N4O8P2. The maximum Gasteiger partial charge on any atom is 0.267 e. The molecule has 0 bridgehead atoms. The molecule has 0 saturated carbocycles. The van der Waals surface area contributed by atoms with Crippen LogP contribution in [0.4, 0.5) is 0 Å². The van der Waals surface area contributed by atoms with Gasteiger partial charge in [-0.25, -0.2) is 18.3 Å². The third kappa shape index (κ3) is 28.6. The number of nitrogens with zero attached hydrogens (tertiary/aromatic N) is 4. The highest BCUT2D eigenvalue weighted by Gasteiger charge is 2.08. The summed E-state index contributed by atoms with van der Waals surface area (Å²) in [5, 5.41) is 0. The lowest BCUT2D eigenvalue weighted by molar-refractivity contribution is -0.696. The molecule has 2 rings (SSSR count). The van der Waals surface area contributed by atoms with Crippen molar-refractivity contribution in [1.82, 2.24) is 9.13 Å². The second-order valence-corrected chi connectivity index (χ2v) is 13.0. The quantitative estimate of drug-likeness (QED) is 0.0864. The van der Waals surface area contributed by atoms with Gasteiger partial charge in [-0.1, -0.05) is 60.3 Å². The van der Waals surface area contributed by atoms with E-state index >= 15 is 0 Å². The Morgan fingerprint density at radius 3 is 1.13 bits per heavy atom. The summed E-state index contributed by atoms with van der Waals surface area (Å²) in [5.74, 6) is 0. The molecule has 0 aliphatic rings. The van der Waals surface area contributed by atoms with Crippen LogP contribution in [0.3, 0.4) is 0 Å². The second-order valence-electron chi connectivity index (χ2n) is 10.2. The van der Waals surface area contributed by atoms with Crippen molar-refractivity contribution in [2.75, 3.05) is 26.4 Å². The van der Waals surface area contributed by atoms with Gasteiger partial charge in [-0.05, 0) is 52.9 Å². The number of rotatable bonds is 21. The van der Waals surface area contributed by atoms with E-state index in [4.69, 9.17) is 0 Å². The number of aryl methyl sites for hydroxylation is 4. The summed E-state index contributed by atoms with van der Waals surface area (Å²) >= 11 is 0. The molecule has 0 saturated heterocycles. The molecule has 2 aromatic heterocycles. The molecule has 0 aliphatic carbocycles. The van der Waals surface area contributed by atoms with E-state index in [9.17, 15) is 18.9 Å². The molecule has 0 fully saturated rings. The van der Waals surface area contributed by atoms with Crippen LogP contribution in [0, 0.1) is 0 Å². The maximum absolute atomic E-state index is 11.0. The van der Waals surface area contributed by atoms with Crippen molar-refractivity contribution in [3.05, 3.63) is 37.4 Å². The Morgan fingerprint density at radius 2 is 0.889 bits per heavy atom. The largest absolute Gasteiger partial charge is 0.756 e. The molecule has 0 aromatic carbocycles. The van der Waals surface area contributed by atoms with Crippen LogP contribution in [-0.4, -0.2) is 35.6 Å². The van der Waals surface area contributed by atoms with Gasteiger partial charge >= 0.3 is 0 Å². The monoisotopic (exact) mass is 682 g/mol. The van der Waals surface area contributed by atoms with E-state index in [1.54, 1.807) is 0 Å². The van der Waals surface area contributed by atoms with Crippen LogP contribution >= 0.6 is 15.6 Å². The molecule has 0 radical (unpaired) electrons. The number of phosphoric acid groups is 2. The molecule has 0 unspecified atom stereocenters. The van der Waals surface area contributed by atoms with Crippen molar-refractivity contribution < 1.29 is 46.1 Å². The molecule has 2 aromatic rings. The van der Waals surface area contributed by atoms with Crippen LogP contribution in [0.2, 0.25) is 0 Å². The van der Waals surface area contributed by atoms with Gasteiger partial charge in [0.15, 0.2) is 0 Å². The minimum absolute atomic E-state index is 0.226. The zero-order valence-electron chi connectivity index (χ0n) is 29.4. The van der Waals surface area contributed by atoms with Crippen LogP contribution in [0.5, 0.6) is 0 Å². The van der Waals surface area contributed by atoms with E-state index < -0.39 is 15.6 Å². The Morgan fingerprint density at radius 1 is 0.556 bits per heavy atom. The average molecular weight is 683 g/mol. The molecule has 0 spiro atoms. The summed E-state index contributed by atoms with van der Waals surface area (Å²) < 4.78 is 49.0. The van der Waals surface area contributed by atoms with Crippen molar-refractivity contribution in [3.63, 3.8) is 0 Å². The smallest absolute Gasteiger partial charge is 0.267 e. The molecule has 14 heteroatoms. The number of hydrogen-bond acceptors (Lipinski definition) is 8. The van der Waals surface area contributed by atoms with Crippen molar-refractivity contribution in [2.45, 2.75) is 139 Å². The first-order valence-electron chi connectivity index (χ1n) is 16.8. The normalized spacial score (nSPS) is 11.2. The third-order valence-corrected chi connectivity index (χ3v) is 8.05. The van der Waals surface area contributed by atoms with E-state index in [-0.39, 0.29) is 26.4 Å². The predicted octanol–water partition coefficient (Wildman–Crippen LogP) is 6.20. The van der Waals surface area contributed by atoms with Gasteiger partial charge in [-0.2, -0.15) is 0 Å². The number of unbranched alkanes of at least 4 members (excludes halogenated alkanes) is 4. The lowest BCUT2D eigenvalue weighted by atomic mass is 10.4. The van der Waals surface area contributed by atoms with E-state index in [0.29, 0.717) is 0 Å². The first-order valence-corrected chi connectivity index (χ1v) is 19.7. The SMILES string of the molecule is CCCCOP(=O)([O-])OCCCC.CCCCOP(=O)([O-])OCCCC.CCC[n+]1ccn(CC)c1.CCn1cc[n+](CC)c1. The fraction of sp³-hybridized carbons (Fsp3) is 0.806. The number of hydrogen-bond donors (Lipinski definition) is 0. The zero-order chi connectivity index (χ0) is 34.4. The Kier molecular flexibility index (Phi) is 30.5. The summed E-state index contributed by atoms with van der Waals surface area (Å²) in [7, 11) is -8.00. The average Bonchev–Trinajstić information content (AvgIpc) is 3.68. The molecular weight excluding hydrogens is 618 g/mol. The van der Waals surface area contributed by atoms with Crippen molar-refractivity contribution in [1.29, 1.82) is 0 Å². The van der Waals surface area contributed by atoms with Crippen LogP contribution in [-0.2, 0) is 53.4 Å². The first kappa shape index (κ1) is 45.8. The van der Waals surface area contributed by atoms with Gasteiger partial charge in [0.05, 0.1) is 52.6 Å². The second kappa shape index (κ2) is 30.0. The Labute approximate surface area is 273 Å². The fourth-order valence-corrected chi connectivity index (χ4v) is 4.75. The highest BCUT2D eigenvalue weighted by molar-refractivity contribution is 7.46. The number of imidazole rings is 2. The first-order chi connectivity index (χ1) is 21.5. The van der Waals surface area contributed by atoms with Gasteiger partial charge in [0.2, 0.25) is 12.7 Å². The van der Waals surface area contributed by atoms with Crippen LogP contribution in [0.15, 0.2) is 37.4 Å². The lowest BCUT2D eigenvalue weighted by Gasteiger charge is -2.22. The molecule has 45 heavy (non-hydrogen) atoms. The Bertz CT molecular complexity index is 937. The van der Waals surface area contributed by atoms with E-state index in [2.05, 4.69) is 102 Å². The maximum atomic E-state index is 11.0. The third-order valence-electron chi connectivity index (χ3n) is 6.06. The predicted molar refractivity (Wildman–Crippen MR) is 175 cm³/mol. The fourth-order valence-electron chi connectivity index (χ4n) is 3.19. The molecule has 0 N–H and O–H groups in total. The van der Waals surface area contributed by atoms with E-state index in [0.717, 1.165) is 77.5 Å². The van der Waals surface area contributed by atoms with Gasteiger partial charge < -0.3 is 27.9 Å². The van der Waals surface area contributed by atoms with Gasteiger partial charge in [0, 0.05) is 0 Å². The minimum atomic E-state index is -4.00. The van der Waals surface area contributed by atoms with Gasteiger partial charge in [-0.3, -0.25) is 9.13 Å². The Balaban J connectivity index is 0. The van der Waals surface area contributed by atoms with Gasteiger partial charge in [-0.15, -0.1) is 0 Å². The molecule has 12 nitrogen and oxygen atoms in total. The van der Waals surface area contributed by atoms with E-state index in [1.165, 1.54) is 6.42 Å². The molecule has 0 aliphatic heterocycles. The van der Waals surface area contributed by atoms with Crippen molar-refractivity contribution >= 4 is 15.6 Å². The van der Waals surface area contributed by atoms with Crippen molar-refractivity contribution in [2.24, 2.45) is 0 Å². The van der Waals surface area contributed by atoms with E-state index in [1.807, 2.05) is 27.7 Å². The number of phosphoric ester groups is 2. The number of aromatic nitrogens is 4. The summed E-state index contributed by atoms with van der Waals surface area (Å²) in [6.07, 6.45) is 20.5. The molecule has 266 valence electrons. The highest BCUT2D eigenvalue weighted by atomic mass is 31.2. The standard InChI is InChI=1S/C8H15N2.2C8H19O4P.C7H13N2/c1-3-5-10-7-6-9(4-2)8-10;2*1-3-5-7-11-13(9,10)12-8-6-4-2;1-3-8-5-6-9(4-2)7-8/h6-8H,3-5H2,1-2H3;2*3-8H2,1-2H3,(H,9,10);5-7H,3-4H2,1-2H3/q+1;;;+1/p-2. The Hall–Kier alpha value is -1.36. The highest BCUT2D eigenvalue weighted by Crippen LogP contribution is 2.39. The van der Waals surface area contributed by atoms with Gasteiger partial charge in [0.25, 0.3) is 15.6 Å². The molecule has 0 amide bonds. The molecule has 2 heterocycles. The summed E-state index contributed by atoms with van der Waals surface area (Å²) in [6, 6.07) is 0. The summed E-state index contributed by atoms with van der Waals surface area (Å²) in [6.45, 7) is 21.7. The minimum Gasteiger partial charge on any atom is -0.756 e. The zero-order valence-corrected chi connectivity index (χ0v) is 31.2. The topological polar surface area (TPSA) is 135 Å². The van der Waals surface area contributed by atoms with Crippen LogP contribution in [0.1, 0.15) is 113 Å².